The highest BCUT2D eigenvalue weighted by molar-refractivity contribution is 5.99. The summed E-state index contributed by atoms with van der Waals surface area (Å²) in [5.74, 6) is -0.239. The predicted octanol–water partition coefficient (Wildman–Crippen LogP) is 2.31. The minimum atomic E-state index is -0.442. The number of furan rings is 1. The van der Waals surface area contributed by atoms with Crippen LogP contribution in [0.3, 0.4) is 0 Å². The molecule has 1 amide bonds. The number of amides is 1. The first-order chi connectivity index (χ1) is 9.95. The fourth-order valence-corrected chi connectivity index (χ4v) is 2.26. The number of aliphatic imine (C=N–C) groups is 1. The maximum atomic E-state index is 12.1. The van der Waals surface area contributed by atoms with E-state index in [2.05, 4.69) is 4.99 Å². The molecule has 1 aliphatic heterocycles. The van der Waals surface area contributed by atoms with Crippen molar-refractivity contribution >= 4 is 11.9 Å². The average Bonchev–Trinajstić information content (AvgIpc) is 2.90. The molecule has 116 valence electrons. The Balaban J connectivity index is 2.19. The van der Waals surface area contributed by atoms with Crippen molar-refractivity contribution in [2.75, 3.05) is 13.1 Å². The molecular weight excluding hydrogens is 272 g/mol. The Kier molecular flexibility index (Phi) is 5.01. The Hall–Kier alpha value is -1.82. The molecule has 0 spiro atoms. The molecule has 0 aliphatic carbocycles. The van der Waals surface area contributed by atoms with Gasteiger partial charge in [0, 0.05) is 13.1 Å². The molecule has 2 unspecified atom stereocenters. The second-order valence-corrected chi connectivity index (χ2v) is 5.51. The third-order valence-electron chi connectivity index (χ3n) is 2.96. The Morgan fingerprint density at radius 1 is 1.38 bits per heavy atom. The van der Waals surface area contributed by atoms with Crippen LogP contribution in [0.15, 0.2) is 27.8 Å². The molecule has 0 bridgehead atoms. The van der Waals surface area contributed by atoms with Gasteiger partial charge in [-0.05, 0) is 39.8 Å². The summed E-state index contributed by atoms with van der Waals surface area (Å²) in [6, 6.07) is 3.57. The zero-order valence-electron chi connectivity index (χ0n) is 12.9. The normalized spacial score (nSPS) is 23.5. The summed E-state index contributed by atoms with van der Waals surface area (Å²) in [6.45, 7) is 9.07. The van der Waals surface area contributed by atoms with Crippen molar-refractivity contribution in [1.29, 1.82) is 0 Å². The first-order valence-electron chi connectivity index (χ1n) is 7.19. The van der Waals surface area contributed by atoms with Crippen LogP contribution in [0.2, 0.25) is 0 Å². The molecule has 6 heteroatoms. The van der Waals surface area contributed by atoms with E-state index in [0.29, 0.717) is 19.1 Å². The largest absolute Gasteiger partial charge is 0.462 e. The van der Waals surface area contributed by atoms with Crippen LogP contribution in [0.5, 0.6) is 0 Å². The van der Waals surface area contributed by atoms with E-state index in [4.69, 9.17) is 13.9 Å². The van der Waals surface area contributed by atoms with Crippen LogP contribution in [-0.4, -0.2) is 48.2 Å². The molecule has 21 heavy (non-hydrogen) atoms. The van der Waals surface area contributed by atoms with Crippen molar-refractivity contribution in [3.63, 3.8) is 0 Å². The molecule has 0 saturated carbocycles. The zero-order chi connectivity index (χ0) is 15.4. The molecule has 1 saturated heterocycles. The number of amidine groups is 1. The van der Waals surface area contributed by atoms with Crippen LogP contribution < -0.4 is 0 Å². The number of rotatable bonds is 2. The van der Waals surface area contributed by atoms with E-state index < -0.39 is 5.91 Å². The number of hydrogen-bond acceptors (Lipinski definition) is 4. The highest BCUT2D eigenvalue weighted by Crippen LogP contribution is 2.14. The third kappa shape index (κ3) is 4.32. The quantitative estimate of drug-likeness (QED) is 0.618. The fraction of sp³-hybridized carbons (Fsp3) is 0.600. The number of morpholine rings is 1. The standard InChI is InChI=1S/C15H22N2O4/c1-10(2)20-15(16-14(18)13-6-5-7-19-13)17-8-11(3)21-12(4)9-17/h5-7,10-12H,8-9H2,1-4H3. The predicted molar refractivity (Wildman–Crippen MR) is 78.3 cm³/mol. The van der Waals surface area contributed by atoms with E-state index >= 15 is 0 Å². The topological polar surface area (TPSA) is 64.3 Å². The van der Waals surface area contributed by atoms with E-state index in [1.165, 1.54) is 6.26 Å². The first kappa shape index (κ1) is 15.6. The van der Waals surface area contributed by atoms with Gasteiger partial charge in [0.05, 0.1) is 24.6 Å². The molecular formula is C15H22N2O4. The van der Waals surface area contributed by atoms with Crippen LogP contribution in [0.1, 0.15) is 38.2 Å². The van der Waals surface area contributed by atoms with E-state index in [-0.39, 0.29) is 24.1 Å². The lowest BCUT2D eigenvalue weighted by Gasteiger charge is -2.36. The summed E-state index contributed by atoms with van der Waals surface area (Å²) in [4.78, 5) is 18.1. The number of ether oxygens (including phenoxy) is 2. The molecule has 0 aromatic carbocycles. The van der Waals surface area contributed by atoms with Gasteiger partial charge in [-0.1, -0.05) is 0 Å². The molecule has 1 fully saturated rings. The van der Waals surface area contributed by atoms with Gasteiger partial charge in [0.2, 0.25) is 0 Å². The van der Waals surface area contributed by atoms with Crippen LogP contribution in [0.25, 0.3) is 0 Å². The van der Waals surface area contributed by atoms with Gasteiger partial charge >= 0.3 is 5.91 Å². The molecule has 6 nitrogen and oxygen atoms in total. The van der Waals surface area contributed by atoms with Crippen molar-refractivity contribution in [2.45, 2.75) is 46.0 Å². The smallest absolute Gasteiger partial charge is 0.317 e. The maximum absolute atomic E-state index is 12.1. The lowest BCUT2D eigenvalue weighted by Crippen LogP contribution is -2.49. The summed E-state index contributed by atoms with van der Waals surface area (Å²) in [5.41, 5.74) is 0. The minimum absolute atomic E-state index is 0.0634. The van der Waals surface area contributed by atoms with E-state index in [1.807, 2.05) is 32.6 Å². The molecule has 0 radical (unpaired) electrons. The Labute approximate surface area is 124 Å². The van der Waals surface area contributed by atoms with Gasteiger partial charge in [-0.2, -0.15) is 4.99 Å². The average molecular weight is 294 g/mol. The minimum Gasteiger partial charge on any atom is -0.462 e. The van der Waals surface area contributed by atoms with Crippen molar-refractivity contribution in [3.8, 4) is 0 Å². The summed E-state index contributed by atoms with van der Waals surface area (Å²) < 4.78 is 16.5. The molecule has 0 N–H and O–H groups in total. The number of hydrogen-bond donors (Lipinski definition) is 0. The van der Waals surface area contributed by atoms with Crippen molar-refractivity contribution in [3.05, 3.63) is 24.2 Å². The summed E-state index contributed by atoms with van der Waals surface area (Å²) >= 11 is 0. The van der Waals surface area contributed by atoms with Gasteiger partial charge in [-0.15, -0.1) is 0 Å². The summed E-state index contributed by atoms with van der Waals surface area (Å²) in [7, 11) is 0. The molecule has 1 aliphatic rings. The highest BCUT2D eigenvalue weighted by atomic mass is 16.5. The maximum Gasteiger partial charge on any atom is 0.317 e. The molecule has 2 heterocycles. The Morgan fingerprint density at radius 2 is 2.05 bits per heavy atom. The van der Waals surface area contributed by atoms with Gasteiger partial charge in [-0.25, -0.2) is 0 Å². The van der Waals surface area contributed by atoms with Crippen LogP contribution in [0, 0.1) is 0 Å². The second-order valence-electron chi connectivity index (χ2n) is 5.51. The van der Waals surface area contributed by atoms with E-state index in [1.54, 1.807) is 12.1 Å². The first-order valence-corrected chi connectivity index (χ1v) is 7.19. The van der Waals surface area contributed by atoms with Crippen molar-refractivity contribution < 1.29 is 18.7 Å². The van der Waals surface area contributed by atoms with E-state index in [0.717, 1.165) is 0 Å². The van der Waals surface area contributed by atoms with Gasteiger partial charge < -0.3 is 18.8 Å². The highest BCUT2D eigenvalue weighted by Gasteiger charge is 2.27. The van der Waals surface area contributed by atoms with Crippen molar-refractivity contribution in [1.82, 2.24) is 4.90 Å². The lowest BCUT2D eigenvalue weighted by molar-refractivity contribution is -0.0554. The third-order valence-corrected chi connectivity index (χ3v) is 2.96. The lowest BCUT2D eigenvalue weighted by atomic mass is 10.2. The van der Waals surface area contributed by atoms with Gasteiger partial charge in [0.15, 0.2) is 5.76 Å². The Bertz CT molecular complexity index is 486. The zero-order valence-corrected chi connectivity index (χ0v) is 12.9. The number of nitrogens with zero attached hydrogens (tertiary/aromatic N) is 2. The SMILES string of the molecule is CC(C)OC(=NC(=O)c1ccco1)N1CC(C)OC(C)C1. The monoisotopic (exact) mass is 294 g/mol. The van der Waals surface area contributed by atoms with Gasteiger partial charge in [-0.3, -0.25) is 4.79 Å². The molecule has 2 atom stereocenters. The van der Waals surface area contributed by atoms with Gasteiger partial charge in [0.1, 0.15) is 0 Å². The molecule has 1 aromatic heterocycles. The van der Waals surface area contributed by atoms with Crippen molar-refractivity contribution in [2.24, 2.45) is 4.99 Å². The fourth-order valence-electron chi connectivity index (χ4n) is 2.26. The Morgan fingerprint density at radius 3 is 2.57 bits per heavy atom. The number of carbonyl (C=O) groups excluding carboxylic acids is 1. The van der Waals surface area contributed by atoms with E-state index in [9.17, 15) is 4.79 Å². The van der Waals surface area contributed by atoms with Crippen LogP contribution in [-0.2, 0) is 9.47 Å². The van der Waals surface area contributed by atoms with Crippen LogP contribution in [0.4, 0.5) is 0 Å². The molecule has 1 aromatic rings. The van der Waals surface area contributed by atoms with Crippen LogP contribution >= 0.6 is 0 Å². The number of carbonyl (C=O) groups is 1. The second kappa shape index (κ2) is 6.76. The summed E-state index contributed by atoms with van der Waals surface area (Å²) in [5, 5.41) is 0. The molecule has 2 rings (SSSR count). The van der Waals surface area contributed by atoms with Gasteiger partial charge in [0.25, 0.3) is 6.02 Å². The summed E-state index contributed by atoms with van der Waals surface area (Å²) in [6.07, 6.45) is 1.51.